The third kappa shape index (κ3) is 3.80. The molecule has 0 unspecified atom stereocenters. The van der Waals surface area contributed by atoms with E-state index in [0.717, 1.165) is 41.5 Å². The van der Waals surface area contributed by atoms with E-state index in [1.165, 1.54) is 23.5 Å². The zero-order valence-corrected chi connectivity index (χ0v) is 11.8. The van der Waals surface area contributed by atoms with Crippen molar-refractivity contribution in [3.8, 4) is 10.6 Å². The van der Waals surface area contributed by atoms with Gasteiger partial charge in [0, 0.05) is 23.2 Å². The Kier molecular flexibility index (Phi) is 4.77. The number of halogens is 3. The zero-order chi connectivity index (χ0) is 14.6. The number of benzene rings is 1. The van der Waals surface area contributed by atoms with E-state index in [9.17, 15) is 13.2 Å². The van der Waals surface area contributed by atoms with Crippen LogP contribution in [-0.2, 0) is 12.7 Å². The second kappa shape index (κ2) is 6.37. The van der Waals surface area contributed by atoms with Gasteiger partial charge in [0.1, 0.15) is 5.01 Å². The highest BCUT2D eigenvalue weighted by Gasteiger charge is 2.30. The molecular weight excluding hydrogens is 285 g/mol. The van der Waals surface area contributed by atoms with E-state index < -0.39 is 11.7 Å². The molecule has 0 saturated heterocycles. The van der Waals surface area contributed by atoms with Crippen molar-refractivity contribution in [1.29, 1.82) is 0 Å². The van der Waals surface area contributed by atoms with E-state index in [0.29, 0.717) is 5.56 Å². The second-order valence-electron chi connectivity index (χ2n) is 4.38. The van der Waals surface area contributed by atoms with Crippen molar-refractivity contribution < 1.29 is 13.2 Å². The highest BCUT2D eigenvalue weighted by molar-refractivity contribution is 7.15. The van der Waals surface area contributed by atoms with Gasteiger partial charge in [0.15, 0.2) is 0 Å². The third-order valence-electron chi connectivity index (χ3n) is 2.74. The molecule has 1 aromatic carbocycles. The second-order valence-corrected chi connectivity index (χ2v) is 5.50. The summed E-state index contributed by atoms with van der Waals surface area (Å²) in [5.41, 5.74) is 0.0763. The van der Waals surface area contributed by atoms with Crippen molar-refractivity contribution in [2.45, 2.75) is 26.1 Å². The number of nitrogens with one attached hydrogen (secondary N) is 1. The molecule has 1 aromatic heterocycles. The predicted octanol–water partition coefficient (Wildman–Crippen LogP) is 4.33. The first-order valence-electron chi connectivity index (χ1n) is 6.33. The molecule has 1 heterocycles. The van der Waals surface area contributed by atoms with Gasteiger partial charge in [-0.2, -0.15) is 13.2 Å². The lowest BCUT2D eigenvalue weighted by Crippen LogP contribution is -2.12. The van der Waals surface area contributed by atoms with Gasteiger partial charge >= 0.3 is 6.18 Å². The standard InChI is InChI=1S/C14H15F3N2S/c1-2-7-18-8-12-9-19-13(20-12)10-3-5-11(6-4-10)14(15,16)17/h3-6,9,18H,2,7-8H2,1H3. The van der Waals surface area contributed by atoms with Crippen LogP contribution in [0.15, 0.2) is 30.5 Å². The van der Waals surface area contributed by atoms with Gasteiger partial charge in [-0.05, 0) is 25.1 Å². The lowest BCUT2D eigenvalue weighted by molar-refractivity contribution is -0.137. The van der Waals surface area contributed by atoms with Crippen LogP contribution < -0.4 is 5.32 Å². The normalized spacial score (nSPS) is 11.8. The minimum Gasteiger partial charge on any atom is -0.312 e. The predicted molar refractivity (Wildman–Crippen MR) is 74.5 cm³/mol. The first-order valence-corrected chi connectivity index (χ1v) is 7.15. The van der Waals surface area contributed by atoms with Crippen LogP contribution in [0.25, 0.3) is 10.6 Å². The zero-order valence-electron chi connectivity index (χ0n) is 11.0. The van der Waals surface area contributed by atoms with Crippen LogP contribution in [0.1, 0.15) is 23.8 Å². The molecule has 20 heavy (non-hydrogen) atoms. The Morgan fingerprint density at radius 3 is 2.50 bits per heavy atom. The van der Waals surface area contributed by atoms with E-state index in [1.54, 1.807) is 6.20 Å². The van der Waals surface area contributed by atoms with Gasteiger partial charge in [0.25, 0.3) is 0 Å². The average Bonchev–Trinajstić information content (AvgIpc) is 2.87. The number of alkyl halides is 3. The summed E-state index contributed by atoms with van der Waals surface area (Å²) in [5, 5.41) is 4.01. The molecule has 2 aromatic rings. The van der Waals surface area contributed by atoms with Gasteiger partial charge < -0.3 is 5.32 Å². The van der Waals surface area contributed by atoms with Crippen molar-refractivity contribution in [1.82, 2.24) is 10.3 Å². The van der Waals surface area contributed by atoms with Gasteiger partial charge in [0.05, 0.1) is 5.56 Å². The van der Waals surface area contributed by atoms with Crippen LogP contribution in [0.3, 0.4) is 0 Å². The highest BCUT2D eigenvalue weighted by atomic mass is 32.1. The number of nitrogens with zero attached hydrogens (tertiary/aromatic N) is 1. The van der Waals surface area contributed by atoms with Gasteiger partial charge in [0.2, 0.25) is 0 Å². The van der Waals surface area contributed by atoms with Crippen LogP contribution in [0.5, 0.6) is 0 Å². The van der Waals surface area contributed by atoms with E-state index in [-0.39, 0.29) is 0 Å². The van der Waals surface area contributed by atoms with Crippen molar-refractivity contribution in [3.63, 3.8) is 0 Å². The summed E-state index contributed by atoms with van der Waals surface area (Å²) < 4.78 is 37.4. The lowest BCUT2D eigenvalue weighted by atomic mass is 10.1. The van der Waals surface area contributed by atoms with Crippen LogP contribution in [0.4, 0.5) is 13.2 Å². The Bertz CT molecular complexity index is 546. The van der Waals surface area contributed by atoms with E-state index >= 15 is 0 Å². The molecule has 0 aliphatic heterocycles. The summed E-state index contributed by atoms with van der Waals surface area (Å²) in [6.45, 7) is 3.77. The number of rotatable bonds is 5. The summed E-state index contributed by atoms with van der Waals surface area (Å²) in [7, 11) is 0. The molecule has 0 amide bonds. The van der Waals surface area contributed by atoms with Crippen molar-refractivity contribution in [2.24, 2.45) is 0 Å². The van der Waals surface area contributed by atoms with Gasteiger partial charge in [-0.15, -0.1) is 11.3 Å². The Hall–Kier alpha value is -1.40. The van der Waals surface area contributed by atoms with Gasteiger partial charge in [-0.3, -0.25) is 0 Å². The summed E-state index contributed by atoms with van der Waals surface area (Å²) >= 11 is 1.49. The molecule has 0 fully saturated rings. The molecule has 108 valence electrons. The largest absolute Gasteiger partial charge is 0.416 e. The van der Waals surface area contributed by atoms with Crippen LogP contribution >= 0.6 is 11.3 Å². The summed E-state index contributed by atoms with van der Waals surface area (Å²) in [4.78, 5) is 5.33. The van der Waals surface area contributed by atoms with E-state index in [2.05, 4.69) is 17.2 Å². The molecule has 0 radical (unpaired) electrons. The summed E-state index contributed by atoms with van der Waals surface area (Å²) in [6.07, 6.45) is -1.47. The topological polar surface area (TPSA) is 24.9 Å². The first kappa shape index (κ1) is 15.0. The number of hydrogen-bond acceptors (Lipinski definition) is 3. The van der Waals surface area contributed by atoms with Crippen LogP contribution in [-0.4, -0.2) is 11.5 Å². The fraction of sp³-hybridized carbons (Fsp3) is 0.357. The van der Waals surface area contributed by atoms with Crippen molar-refractivity contribution >= 4 is 11.3 Å². The smallest absolute Gasteiger partial charge is 0.312 e. The maximum absolute atomic E-state index is 12.5. The van der Waals surface area contributed by atoms with Gasteiger partial charge in [-0.1, -0.05) is 19.1 Å². The Morgan fingerprint density at radius 1 is 1.20 bits per heavy atom. The fourth-order valence-electron chi connectivity index (χ4n) is 1.71. The lowest BCUT2D eigenvalue weighted by Gasteiger charge is -2.06. The molecule has 0 bridgehead atoms. The fourth-order valence-corrected chi connectivity index (χ4v) is 2.60. The Balaban J connectivity index is 2.08. The molecule has 1 N–H and O–H groups in total. The quantitative estimate of drug-likeness (QED) is 0.831. The first-order chi connectivity index (χ1) is 9.50. The number of hydrogen-bond donors (Lipinski definition) is 1. The molecule has 2 rings (SSSR count). The monoisotopic (exact) mass is 300 g/mol. The molecule has 6 heteroatoms. The van der Waals surface area contributed by atoms with Crippen molar-refractivity contribution in [3.05, 3.63) is 40.9 Å². The third-order valence-corrected chi connectivity index (χ3v) is 3.79. The minimum atomic E-state index is -4.29. The van der Waals surface area contributed by atoms with E-state index in [1.807, 2.05) is 0 Å². The number of thiazole rings is 1. The van der Waals surface area contributed by atoms with E-state index in [4.69, 9.17) is 0 Å². The SMILES string of the molecule is CCCNCc1cnc(-c2ccc(C(F)(F)F)cc2)s1. The Morgan fingerprint density at radius 2 is 1.90 bits per heavy atom. The molecule has 0 atom stereocenters. The summed E-state index contributed by atoms with van der Waals surface area (Å²) in [5.74, 6) is 0. The van der Waals surface area contributed by atoms with Crippen LogP contribution in [0.2, 0.25) is 0 Å². The molecule has 2 nitrogen and oxygen atoms in total. The average molecular weight is 300 g/mol. The molecule has 0 aliphatic carbocycles. The molecule has 0 saturated carbocycles. The molecular formula is C14H15F3N2S. The highest BCUT2D eigenvalue weighted by Crippen LogP contribution is 2.32. The van der Waals surface area contributed by atoms with Crippen molar-refractivity contribution in [2.75, 3.05) is 6.54 Å². The minimum absolute atomic E-state index is 0.636. The molecule has 0 aliphatic rings. The summed E-state index contributed by atoms with van der Waals surface area (Å²) in [6, 6.07) is 5.10. The molecule has 0 spiro atoms. The Labute approximate surface area is 119 Å². The number of aromatic nitrogens is 1. The maximum atomic E-state index is 12.5. The van der Waals surface area contributed by atoms with Gasteiger partial charge in [-0.25, -0.2) is 4.98 Å². The van der Waals surface area contributed by atoms with Crippen LogP contribution in [0, 0.1) is 0 Å². The maximum Gasteiger partial charge on any atom is 0.416 e.